The third-order valence-electron chi connectivity index (χ3n) is 2.35. The Morgan fingerprint density at radius 3 is 2.50 bits per heavy atom. The van der Waals surface area contributed by atoms with Crippen LogP contribution >= 0.6 is 7.82 Å². The van der Waals surface area contributed by atoms with Gasteiger partial charge in [-0.1, -0.05) is 13.8 Å². The SMILES string of the molecule is Cc1cc(F)c(C(C)C)cc1OCOP(=O)(O)O. The fraction of sp³-hybridized carbons (Fsp3) is 0.455. The molecule has 1 aromatic rings. The molecule has 1 rings (SSSR count). The molecule has 0 amide bonds. The maximum Gasteiger partial charge on any atom is 0.472 e. The maximum atomic E-state index is 13.6. The number of benzene rings is 1. The molecule has 1 aromatic carbocycles. The van der Waals surface area contributed by atoms with E-state index in [0.29, 0.717) is 16.9 Å². The van der Waals surface area contributed by atoms with Gasteiger partial charge in [0.15, 0.2) is 6.79 Å². The summed E-state index contributed by atoms with van der Waals surface area (Å²) in [4.78, 5) is 17.0. The predicted octanol–water partition coefficient (Wildman–Crippen LogP) is 2.70. The van der Waals surface area contributed by atoms with Crippen LogP contribution in [0.2, 0.25) is 0 Å². The number of ether oxygens (including phenoxy) is 1. The van der Waals surface area contributed by atoms with Gasteiger partial charge in [-0.15, -0.1) is 0 Å². The summed E-state index contributed by atoms with van der Waals surface area (Å²) in [6, 6.07) is 2.83. The molecular formula is C11H16FO5P. The average molecular weight is 278 g/mol. The van der Waals surface area contributed by atoms with E-state index in [0.717, 1.165) is 0 Å². The first-order valence-electron chi connectivity index (χ1n) is 5.33. The van der Waals surface area contributed by atoms with E-state index in [9.17, 15) is 8.96 Å². The third kappa shape index (κ3) is 4.38. The van der Waals surface area contributed by atoms with Crippen molar-refractivity contribution < 1.29 is 28.0 Å². The average Bonchev–Trinajstić information content (AvgIpc) is 2.18. The minimum absolute atomic E-state index is 0.0179. The van der Waals surface area contributed by atoms with E-state index in [4.69, 9.17) is 14.5 Å². The lowest BCUT2D eigenvalue weighted by Gasteiger charge is -2.14. The standard InChI is InChI=1S/C11H16FO5P/c1-7(2)9-5-11(8(3)4-10(9)12)16-6-17-18(13,14)15/h4-5,7H,6H2,1-3H3,(H2,13,14,15). The normalized spacial score (nSPS) is 11.9. The van der Waals surface area contributed by atoms with Gasteiger partial charge in [0.2, 0.25) is 0 Å². The van der Waals surface area contributed by atoms with Gasteiger partial charge in [-0.25, -0.2) is 13.5 Å². The van der Waals surface area contributed by atoms with Gasteiger partial charge in [0, 0.05) is 0 Å². The fourth-order valence-electron chi connectivity index (χ4n) is 1.42. The van der Waals surface area contributed by atoms with Gasteiger partial charge in [0.25, 0.3) is 0 Å². The van der Waals surface area contributed by atoms with Crippen LogP contribution in [0.25, 0.3) is 0 Å². The summed E-state index contributed by atoms with van der Waals surface area (Å²) in [6.07, 6.45) is 0. The van der Waals surface area contributed by atoms with Gasteiger partial charge < -0.3 is 14.5 Å². The van der Waals surface area contributed by atoms with Crippen LogP contribution in [0.4, 0.5) is 4.39 Å². The number of hydrogen-bond acceptors (Lipinski definition) is 3. The van der Waals surface area contributed by atoms with Gasteiger partial charge >= 0.3 is 7.82 Å². The minimum atomic E-state index is -4.56. The molecule has 0 heterocycles. The Bertz CT molecular complexity index is 469. The molecular weight excluding hydrogens is 262 g/mol. The van der Waals surface area contributed by atoms with Crippen molar-refractivity contribution in [2.24, 2.45) is 0 Å². The number of phosphoric ester groups is 1. The number of phosphoric acid groups is 1. The second-order valence-electron chi connectivity index (χ2n) is 4.18. The van der Waals surface area contributed by atoms with Crippen molar-refractivity contribution in [3.05, 3.63) is 29.1 Å². The Balaban J connectivity index is 2.83. The Kier molecular flexibility index (Phi) is 4.87. The van der Waals surface area contributed by atoms with E-state index in [1.165, 1.54) is 12.1 Å². The molecule has 0 aliphatic heterocycles. The molecule has 0 aliphatic rings. The summed E-state index contributed by atoms with van der Waals surface area (Å²) < 4.78 is 33.3. The van der Waals surface area contributed by atoms with Crippen molar-refractivity contribution in [1.82, 2.24) is 0 Å². The lowest BCUT2D eigenvalue weighted by Crippen LogP contribution is -2.04. The smallest absolute Gasteiger partial charge is 0.467 e. The zero-order valence-corrected chi connectivity index (χ0v) is 11.3. The van der Waals surface area contributed by atoms with Gasteiger partial charge in [0.05, 0.1) is 0 Å². The summed E-state index contributed by atoms with van der Waals surface area (Å²) in [6.45, 7) is 4.72. The van der Waals surface area contributed by atoms with Gasteiger partial charge in [-0.3, -0.25) is 0 Å². The van der Waals surface area contributed by atoms with Crippen molar-refractivity contribution in [3.63, 3.8) is 0 Å². The highest BCUT2D eigenvalue weighted by molar-refractivity contribution is 7.46. The van der Waals surface area contributed by atoms with E-state index < -0.39 is 14.6 Å². The van der Waals surface area contributed by atoms with Crippen LogP contribution in [0.3, 0.4) is 0 Å². The quantitative estimate of drug-likeness (QED) is 0.639. The van der Waals surface area contributed by atoms with Gasteiger partial charge in [-0.2, -0.15) is 0 Å². The molecule has 7 heteroatoms. The molecule has 2 N–H and O–H groups in total. The summed E-state index contributed by atoms with van der Waals surface area (Å²) in [5.74, 6) is -0.00467. The van der Waals surface area contributed by atoms with Crippen LogP contribution in [0.5, 0.6) is 5.75 Å². The zero-order valence-electron chi connectivity index (χ0n) is 10.4. The molecule has 0 fully saturated rings. The Hall–Kier alpha value is -0.940. The number of rotatable bonds is 5. The first kappa shape index (κ1) is 15.1. The van der Waals surface area contributed by atoms with Crippen molar-refractivity contribution in [3.8, 4) is 5.75 Å². The van der Waals surface area contributed by atoms with E-state index >= 15 is 0 Å². The fourth-order valence-corrected chi connectivity index (χ4v) is 1.62. The second kappa shape index (κ2) is 5.80. The second-order valence-corrected chi connectivity index (χ2v) is 5.42. The van der Waals surface area contributed by atoms with E-state index in [1.807, 2.05) is 13.8 Å². The highest BCUT2D eigenvalue weighted by Gasteiger charge is 2.15. The van der Waals surface area contributed by atoms with E-state index in [1.54, 1.807) is 6.92 Å². The van der Waals surface area contributed by atoms with Crippen molar-refractivity contribution in [1.29, 1.82) is 0 Å². The summed E-state index contributed by atoms with van der Waals surface area (Å²) in [5.41, 5.74) is 1.01. The Morgan fingerprint density at radius 1 is 1.39 bits per heavy atom. The summed E-state index contributed by atoms with van der Waals surface area (Å²) in [5, 5.41) is 0. The molecule has 0 aliphatic carbocycles. The zero-order chi connectivity index (χ0) is 13.9. The molecule has 0 atom stereocenters. The summed E-state index contributed by atoms with van der Waals surface area (Å²) in [7, 11) is -4.56. The molecule has 0 bridgehead atoms. The van der Waals surface area contributed by atoms with Gasteiger partial charge in [-0.05, 0) is 36.1 Å². The number of aryl methyl sites for hydroxylation is 1. The monoisotopic (exact) mass is 278 g/mol. The molecule has 5 nitrogen and oxygen atoms in total. The Labute approximate surface area is 105 Å². The molecule has 0 saturated heterocycles. The lowest BCUT2D eigenvalue weighted by atomic mass is 10.0. The van der Waals surface area contributed by atoms with Crippen molar-refractivity contribution in [2.75, 3.05) is 6.79 Å². The lowest BCUT2D eigenvalue weighted by molar-refractivity contribution is 0.0822. The number of halogens is 1. The molecule has 0 saturated carbocycles. The van der Waals surface area contributed by atoms with Crippen molar-refractivity contribution >= 4 is 7.82 Å². The maximum absolute atomic E-state index is 13.6. The van der Waals surface area contributed by atoms with Crippen LogP contribution in [0.15, 0.2) is 12.1 Å². The summed E-state index contributed by atoms with van der Waals surface area (Å²) >= 11 is 0. The van der Waals surface area contributed by atoms with Crippen LogP contribution in [-0.4, -0.2) is 16.6 Å². The minimum Gasteiger partial charge on any atom is -0.467 e. The molecule has 0 aromatic heterocycles. The van der Waals surface area contributed by atoms with E-state index in [2.05, 4.69) is 4.52 Å². The first-order chi connectivity index (χ1) is 8.20. The van der Waals surface area contributed by atoms with Crippen LogP contribution in [-0.2, 0) is 9.09 Å². The molecule has 18 heavy (non-hydrogen) atoms. The molecule has 0 spiro atoms. The van der Waals surface area contributed by atoms with E-state index in [-0.39, 0.29) is 11.7 Å². The highest BCUT2D eigenvalue weighted by atomic mass is 31.2. The van der Waals surface area contributed by atoms with Crippen molar-refractivity contribution in [2.45, 2.75) is 26.7 Å². The van der Waals surface area contributed by atoms with Crippen LogP contribution in [0, 0.1) is 12.7 Å². The number of hydrogen-bond donors (Lipinski definition) is 2. The van der Waals surface area contributed by atoms with Gasteiger partial charge in [0.1, 0.15) is 11.6 Å². The molecule has 0 radical (unpaired) electrons. The predicted molar refractivity (Wildman–Crippen MR) is 63.9 cm³/mol. The molecule has 0 unspecified atom stereocenters. The highest BCUT2D eigenvalue weighted by Crippen LogP contribution is 2.36. The first-order valence-corrected chi connectivity index (χ1v) is 6.86. The topological polar surface area (TPSA) is 76.0 Å². The molecule has 102 valence electrons. The van der Waals surface area contributed by atoms with Crippen LogP contribution in [0.1, 0.15) is 30.9 Å². The third-order valence-corrected chi connectivity index (χ3v) is 2.79. The largest absolute Gasteiger partial charge is 0.472 e. The van der Waals surface area contributed by atoms with Crippen LogP contribution < -0.4 is 4.74 Å². The Morgan fingerprint density at radius 2 is 2.00 bits per heavy atom.